The summed E-state index contributed by atoms with van der Waals surface area (Å²) in [5, 5.41) is 3.05. The fourth-order valence-corrected chi connectivity index (χ4v) is 3.74. The number of ether oxygens (including phenoxy) is 1. The number of morpholine rings is 1. The van der Waals surface area contributed by atoms with E-state index in [4.69, 9.17) is 10.5 Å². The average Bonchev–Trinajstić information content (AvgIpc) is 3.01. The van der Waals surface area contributed by atoms with Gasteiger partial charge in [-0.15, -0.1) is 0 Å². The number of likely N-dealkylation sites (tertiary alicyclic amines) is 1. The first-order chi connectivity index (χ1) is 12.5. The molecule has 1 aromatic rings. The van der Waals surface area contributed by atoms with Crippen molar-refractivity contribution in [3.63, 3.8) is 0 Å². The molecule has 2 fully saturated rings. The number of carbonyl (C=O) groups is 2. The molecule has 2 saturated heterocycles. The van der Waals surface area contributed by atoms with E-state index in [2.05, 4.69) is 41.4 Å². The van der Waals surface area contributed by atoms with Gasteiger partial charge in [0, 0.05) is 25.2 Å². The van der Waals surface area contributed by atoms with Crippen LogP contribution in [0.1, 0.15) is 25.3 Å². The second kappa shape index (κ2) is 8.05. The maximum atomic E-state index is 12.5. The van der Waals surface area contributed by atoms with Crippen LogP contribution in [0.15, 0.2) is 30.3 Å². The molecule has 2 aliphatic rings. The summed E-state index contributed by atoms with van der Waals surface area (Å²) >= 11 is 0. The number of benzene rings is 1. The Balaban J connectivity index is 1.55. The number of nitrogens with zero attached hydrogens (tertiary/aromatic N) is 2. The van der Waals surface area contributed by atoms with Crippen LogP contribution in [0.5, 0.6) is 0 Å². The minimum absolute atomic E-state index is 0.0686. The van der Waals surface area contributed by atoms with Gasteiger partial charge in [0.25, 0.3) is 0 Å². The topological polar surface area (TPSA) is 87.9 Å². The first kappa shape index (κ1) is 18.7. The molecule has 1 aromatic carbocycles. The molecular formula is C19H28N4O3. The summed E-state index contributed by atoms with van der Waals surface area (Å²) in [6.07, 6.45) is 1.46. The van der Waals surface area contributed by atoms with Crippen LogP contribution in [0.3, 0.4) is 0 Å². The van der Waals surface area contributed by atoms with Crippen LogP contribution in [0.4, 0.5) is 4.79 Å². The minimum Gasteiger partial charge on any atom is -0.367 e. The molecule has 3 N–H and O–H groups in total. The largest absolute Gasteiger partial charge is 0.367 e. The van der Waals surface area contributed by atoms with Gasteiger partial charge >= 0.3 is 6.03 Å². The number of hydrogen-bond acceptors (Lipinski definition) is 4. The molecule has 3 rings (SSSR count). The number of carbonyl (C=O) groups excluding carboxylic acids is 2. The van der Waals surface area contributed by atoms with E-state index in [1.165, 1.54) is 5.56 Å². The van der Waals surface area contributed by atoms with E-state index in [0.29, 0.717) is 19.7 Å². The number of primary amides is 1. The summed E-state index contributed by atoms with van der Waals surface area (Å²) in [5.74, 6) is -0.528. The van der Waals surface area contributed by atoms with Gasteiger partial charge < -0.3 is 20.7 Å². The Kier molecular flexibility index (Phi) is 5.78. The molecule has 0 bridgehead atoms. The Hall–Kier alpha value is -2.12. The van der Waals surface area contributed by atoms with Crippen molar-refractivity contribution in [1.82, 2.24) is 15.1 Å². The van der Waals surface area contributed by atoms with Gasteiger partial charge in [-0.25, -0.2) is 4.79 Å². The third-order valence-corrected chi connectivity index (χ3v) is 5.41. The molecule has 2 heterocycles. The van der Waals surface area contributed by atoms with Crippen LogP contribution < -0.4 is 11.1 Å². The van der Waals surface area contributed by atoms with Gasteiger partial charge in [0.2, 0.25) is 5.91 Å². The predicted molar refractivity (Wildman–Crippen MR) is 98.4 cm³/mol. The van der Waals surface area contributed by atoms with Crippen LogP contribution in [0.2, 0.25) is 0 Å². The third-order valence-electron chi connectivity index (χ3n) is 5.41. The van der Waals surface area contributed by atoms with Crippen molar-refractivity contribution in [2.24, 2.45) is 5.73 Å². The number of nitrogens with two attached hydrogens (primary N) is 1. The predicted octanol–water partition coefficient (Wildman–Crippen LogP) is 0.937. The van der Waals surface area contributed by atoms with E-state index in [1.54, 1.807) is 4.90 Å². The van der Waals surface area contributed by atoms with Gasteiger partial charge in [-0.2, -0.15) is 0 Å². The molecule has 0 saturated carbocycles. The summed E-state index contributed by atoms with van der Waals surface area (Å²) < 4.78 is 5.30. The Morgan fingerprint density at radius 2 is 2.08 bits per heavy atom. The lowest BCUT2D eigenvalue weighted by atomic mass is 9.98. The molecule has 142 valence electrons. The number of urea groups is 1. The zero-order valence-electron chi connectivity index (χ0n) is 15.3. The van der Waals surface area contributed by atoms with E-state index in [-0.39, 0.29) is 18.1 Å². The van der Waals surface area contributed by atoms with Gasteiger partial charge in [-0.05, 0) is 31.9 Å². The van der Waals surface area contributed by atoms with Crippen molar-refractivity contribution in [2.75, 3.05) is 32.8 Å². The third kappa shape index (κ3) is 4.34. The molecule has 2 atom stereocenters. The first-order valence-corrected chi connectivity index (χ1v) is 9.21. The van der Waals surface area contributed by atoms with E-state index < -0.39 is 12.0 Å². The van der Waals surface area contributed by atoms with Crippen LogP contribution in [0.25, 0.3) is 0 Å². The molecule has 0 aliphatic carbocycles. The fourth-order valence-electron chi connectivity index (χ4n) is 3.74. The Morgan fingerprint density at radius 3 is 2.81 bits per heavy atom. The minimum atomic E-state index is -0.717. The van der Waals surface area contributed by atoms with Crippen molar-refractivity contribution in [3.05, 3.63) is 35.9 Å². The number of rotatable bonds is 5. The number of nitrogens with one attached hydrogen (secondary N) is 1. The van der Waals surface area contributed by atoms with Gasteiger partial charge in [-0.3, -0.25) is 9.69 Å². The highest BCUT2D eigenvalue weighted by Crippen LogP contribution is 2.30. The summed E-state index contributed by atoms with van der Waals surface area (Å²) in [6.45, 7) is 5.72. The van der Waals surface area contributed by atoms with Crippen molar-refractivity contribution < 1.29 is 14.3 Å². The van der Waals surface area contributed by atoms with Crippen LogP contribution in [-0.2, 0) is 16.1 Å². The first-order valence-electron chi connectivity index (χ1n) is 9.21. The molecule has 7 nitrogen and oxygen atoms in total. The summed E-state index contributed by atoms with van der Waals surface area (Å²) in [7, 11) is 0. The molecule has 2 unspecified atom stereocenters. The molecule has 3 amide bonds. The quantitative estimate of drug-likeness (QED) is 0.818. The maximum absolute atomic E-state index is 12.5. The van der Waals surface area contributed by atoms with Crippen LogP contribution in [0, 0.1) is 0 Å². The second-order valence-electron chi connectivity index (χ2n) is 7.37. The van der Waals surface area contributed by atoms with E-state index in [0.717, 1.165) is 25.9 Å². The number of hydrogen-bond donors (Lipinski definition) is 2. The van der Waals surface area contributed by atoms with E-state index in [1.807, 2.05) is 6.07 Å². The van der Waals surface area contributed by atoms with Crippen molar-refractivity contribution in [1.29, 1.82) is 0 Å². The van der Waals surface area contributed by atoms with E-state index >= 15 is 0 Å². The zero-order valence-corrected chi connectivity index (χ0v) is 15.3. The van der Waals surface area contributed by atoms with Crippen molar-refractivity contribution in [2.45, 2.75) is 38.0 Å². The van der Waals surface area contributed by atoms with Gasteiger partial charge in [0.05, 0.1) is 13.2 Å². The van der Waals surface area contributed by atoms with E-state index in [9.17, 15) is 9.59 Å². The molecule has 0 radical (unpaired) electrons. The molecule has 0 spiro atoms. The summed E-state index contributed by atoms with van der Waals surface area (Å²) in [5.41, 5.74) is 6.50. The molecular weight excluding hydrogens is 332 g/mol. The zero-order chi connectivity index (χ0) is 18.6. The van der Waals surface area contributed by atoms with Crippen molar-refractivity contribution >= 4 is 11.9 Å². The lowest BCUT2D eigenvalue weighted by Gasteiger charge is -2.37. The van der Waals surface area contributed by atoms with Gasteiger partial charge in [0.1, 0.15) is 0 Å². The standard InChI is InChI=1S/C19H28N4O3/c1-19(8-5-9-23(19)12-15-6-3-2-4-7-15)14-21-18(25)22-10-11-26-16(13-22)17(20)24/h2-4,6-7,16H,5,8-14H2,1H3,(H2,20,24)(H,21,25). The summed E-state index contributed by atoms with van der Waals surface area (Å²) in [4.78, 5) is 27.9. The normalized spacial score (nSPS) is 26.7. The lowest BCUT2D eigenvalue weighted by molar-refractivity contribution is -0.133. The fraction of sp³-hybridized carbons (Fsp3) is 0.579. The second-order valence-corrected chi connectivity index (χ2v) is 7.37. The van der Waals surface area contributed by atoms with Gasteiger partial charge in [-0.1, -0.05) is 30.3 Å². The lowest BCUT2D eigenvalue weighted by Crippen LogP contribution is -2.56. The highest BCUT2D eigenvalue weighted by molar-refractivity contribution is 5.81. The number of amides is 3. The Morgan fingerprint density at radius 1 is 1.31 bits per heavy atom. The monoisotopic (exact) mass is 360 g/mol. The molecule has 26 heavy (non-hydrogen) atoms. The smallest absolute Gasteiger partial charge is 0.317 e. The average molecular weight is 360 g/mol. The van der Waals surface area contributed by atoms with Gasteiger partial charge in [0.15, 0.2) is 6.10 Å². The van der Waals surface area contributed by atoms with Crippen LogP contribution in [-0.4, -0.2) is 66.2 Å². The molecule has 0 aromatic heterocycles. The van der Waals surface area contributed by atoms with Crippen LogP contribution >= 0.6 is 0 Å². The molecule has 2 aliphatic heterocycles. The highest BCUT2D eigenvalue weighted by atomic mass is 16.5. The summed E-state index contributed by atoms with van der Waals surface area (Å²) in [6, 6.07) is 10.2. The SMILES string of the molecule is CC1(CNC(=O)N2CCOC(C(N)=O)C2)CCCN1Cc1ccccc1. The highest BCUT2D eigenvalue weighted by Gasteiger charge is 2.37. The Bertz CT molecular complexity index is 639. The van der Waals surface area contributed by atoms with Crippen molar-refractivity contribution in [3.8, 4) is 0 Å². The maximum Gasteiger partial charge on any atom is 0.317 e. The molecule has 7 heteroatoms. The Labute approximate surface area is 154 Å².